The van der Waals surface area contributed by atoms with E-state index in [1.54, 1.807) is 6.08 Å². The highest BCUT2D eigenvalue weighted by Crippen LogP contribution is 2.43. The van der Waals surface area contributed by atoms with Crippen LogP contribution in [0.2, 0.25) is 0 Å². The molecular formula is C70H142N2O6P+. The third kappa shape index (κ3) is 64.7. The summed E-state index contributed by atoms with van der Waals surface area (Å²) in [4.78, 5) is 23.4. The number of aliphatic hydroxyl groups excluding tert-OH is 1. The van der Waals surface area contributed by atoms with Crippen LogP contribution in [0.1, 0.15) is 380 Å². The Bertz CT molecular complexity index is 1290. The lowest BCUT2D eigenvalue weighted by molar-refractivity contribution is -0.870. The molecular weight excluding hydrogens is 996 g/mol. The largest absolute Gasteiger partial charge is 0.472 e. The fraction of sp³-hybridized carbons (Fsp3) is 0.957. The van der Waals surface area contributed by atoms with E-state index < -0.39 is 20.0 Å². The van der Waals surface area contributed by atoms with Crippen molar-refractivity contribution in [1.29, 1.82) is 0 Å². The molecule has 3 atom stereocenters. The fourth-order valence-corrected chi connectivity index (χ4v) is 12.0. The van der Waals surface area contributed by atoms with E-state index in [2.05, 4.69) is 19.2 Å². The van der Waals surface area contributed by atoms with Crippen LogP contribution in [0.5, 0.6) is 0 Å². The molecule has 472 valence electrons. The van der Waals surface area contributed by atoms with Crippen molar-refractivity contribution in [2.75, 3.05) is 40.9 Å². The van der Waals surface area contributed by atoms with Gasteiger partial charge in [-0.05, 0) is 19.3 Å². The van der Waals surface area contributed by atoms with E-state index in [0.29, 0.717) is 17.4 Å². The molecule has 79 heavy (non-hydrogen) atoms. The van der Waals surface area contributed by atoms with Gasteiger partial charge >= 0.3 is 7.82 Å². The third-order valence-electron chi connectivity index (χ3n) is 16.8. The van der Waals surface area contributed by atoms with Crippen LogP contribution in [0.15, 0.2) is 12.2 Å². The molecule has 0 aliphatic carbocycles. The highest BCUT2D eigenvalue weighted by molar-refractivity contribution is 7.47. The Morgan fingerprint density at radius 1 is 0.418 bits per heavy atom. The second-order valence-electron chi connectivity index (χ2n) is 26.0. The number of rotatable bonds is 67. The molecule has 9 heteroatoms. The van der Waals surface area contributed by atoms with Crippen molar-refractivity contribution in [2.24, 2.45) is 0 Å². The molecule has 0 heterocycles. The average Bonchev–Trinajstić information content (AvgIpc) is 3.42. The number of carbonyl (C=O) groups is 1. The maximum Gasteiger partial charge on any atom is 0.472 e. The first-order chi connectivity index (χ1) is 38.5. The Balaban J connectivity index is 4.02. The third-order valence-corrected chi connectivity index (χ3v) is 17.7. The summed E-state index contributed by atoms with van der Waals surface area (Å²) < 4.78 is 23.8. The van der Waals surface area contributed by atoms with Gasteiger partial charge in [0, 0.05) is 6.42 Å². The van der Waals surface area contributed by atoms with Gasteiger partial charge in [-0.3, -0.25) is 13.8 Å². The van der Waals surface area contributed by atoms with Gasteiger partial charge in [0.2, 0.25) is 5.91 Å². The Morgan fingerprint density at radius 2 is 0.671 bits per heavy atom. The van der Waals surface area contributed by atoms with Gasteiger partial charge in [0.25, 0.3) is 0 Å². The highest BCUT2D eigenvalue weighted by atomic mass is 31.2. The summed E-state index contributed by atoms with van der Waals surface area (Å²) in [6, 6.07) is -0.844. The summed E-state index contributed by atoms with van der Waals surface area (Å²) in [5, 5.41) is 14.0. The van der Waals surface area contributed by atoms with E-state index >= 15 is 0 Å². The number of phosphoric acid groups is 1. The van der Waals surface area contributed by atoms with Crippen LogP contribution in [0, 0.1) is 0 Å². The second kappa shape index (κ2) is 61.8. The second-order valence-corrected chi connectivity index (χ2v) is 27.4. The lowest BCUT2D eigenvalue weighted by Gasteiger charge is -2.25. The molecule has 0 rings (SSSR count). The van der Waals surface area contributed by atoms with Crippen molar-refractivity contribution in [3.05, 3.63) is 12.2 Å². The normalized spacial score (nSPS) is 13.7. The molecule has 0 aromatic heterocycles. The molecule has 0 aliphatic rings. The number of quaternary nitrogens is 1. The van der Waals surface area contributed by atoms with Crippen molar-refractivity contribution in [1.82, 2.24) is 5.32 Å². The SMILES string of the molecule is CCCCCCCCCCCCCCCCCCCCCCCCCCCCCC/C=C/C(O)C(COP(=O)(O)OCC[N+](C)(C)C)NC(=O)CCCCCCCCCCCCCCCCCCCCCCCCCCCCC. The number of phosphoric ester groups is 1. The summed E-state index contributed by atoms with van der Waals surface area (Å²) in [6.45, 7) is 4.89. The number of aliphatic hydroxyl groups is 1. The van der Waals surface area contributed by atoms with E-state index in [-0.39, 0.29) is 19.1 Å². The van der Waals surface area contributed by atoms with Gasteiger partial charge in [0.1, 0.15) is 13.2 Å². The van der Waals surface area contributed by atoms with Gasteiger partial charge in [-0.1, -0.05) is 366 Å². The minimum atomic E-state index is -4.35. The van der Waals surface area contributed by atoms with Gasteiger partial charge < -0.3 is 19.8 Å². The van der Waals surface area contributed by atoms with Crippen LogP contribution >= 0.6 is 7.82 Å². The lowest BCUT2D eigenvalue weighted by atomic mass is 10.0. The number of hydrogen-bond acceptors (Lipinski definition) is 5. The zero-order valence-electron chi connectivity index (χ0n) is 54.2. The number of carbonyl (C=O) groups excluding carboxylic acids is 1. The van der Waals surface area contributed by atoms with Crippen molar-refractivity contribution < 1.29 is 32.9 Å². The maximum atomic E-state index is 13.1. The van der Waals surface area contributed by atoms with Gasteiger partial charge in [0.05, 0.1) is 39.9 Å². The molecule has 0 aromatic carbocycles. The van der Waals surface area contributed by atoms with Crippen LogP contribution in [0.3, 0.4) is 0 Å². The fourth-order valence-electron chi connectivity index (χ4n) is 11.2. The zero-order chi connectivity index (χ0) is 57.7. The van der Waals surface area contributed by atoms with Crippen molar-refractivity contribution in [2.45, 2.75) is 392 Å². The van der Waals surface area contributed by atoms with Crippen molar-refractivity contribution >= 4 is 13.7 Å². The Hall–Kier alpha value is -0.760. The van der Waals surface area contributed by atoms with Gasteiger partial charge in [-0.25, -0.2) is 4.57 Å². The van der Waals surface area contributed by atoms with Crippen molar-refractivity contribution in [3.63, 3.8) is 0 Å². The van der Waals surface area contributed by atoms with Gasteiger partial charge in [-0.15, -0.1) is 0 Å². The molecule has 8 nitrogen and oxygen atoms in total. The minimum Gasteiger partial charge on any atom is -0.387 e. The number of hydrogen-bond donors (Lipinski definition) is 3. The Labute approximate surface area is 494 Å². The van der Waals surface area contributed by atoms with E-state index in [4.69, 9.17) is 9.05 Å². The molecule has 0 saturated carbocycles. The van der Waals surface area contributed by atoms with Crippen LogP contribution in [0.4, 0.5) is 0 Å². The molecule has 0 fully saturated rings. The number of amides is 1. The van der Waals surface area contributed by atoms with Crippen LogP contribution in [0.25, 0.3) is 0 Å². The molecule has 1 amide bonds. The average molecular weight is 1140 g/mol. The first kappa shape index (κ1) is 78.2. The lowest BCUT2D eigenvalue weighted by Crippen LogP contribution is -2.45. The number of nitrogens with one attached hydrogen (secondary N) is 1. The molecule has 3 N–H and O–H groups in total. The summed E-state index contributed by atoms with van der Waals surface area (Å²) in [7, 11) is 1.60. The van der Waals surface area contributed by atoms with Crippen LogP contribution < -0.4 is 5.32 Å². The summed E-state index contributed by atoms with van der Waals surface area (Å²) in [6.07, 6.45) is 79.4. The van der Waals surface area contributed by atoms with E-state index in [0.717, 1.165) is 32.1 Å². The summed E-state index contributed by atoms with van der Waals surface area (Å²) >= 11 is 0. The zero-order valence-corrected chi connectivity index (χ0v) is 55.1. The molecule has 0 bridgehead atoms. The first-order valence-corrected chi connectivity index (χ1v) is 37.1. The summed E-state index contributed by atoms with van der Waals surface area (Å²) in [5.41, 5.74) is 0. The predicted octanol–water partition coefficient (Wildman–Crippen LogP) is 22.5. The molecule has 0 aliphatic heterocycles. The van der Waals surface area contributed by atoms with E-state index in [1.165, 1.54) is 327 Å². The number of allylic oxidation sites excluding steroid dienone is 1. The standard InChI is InChI=1S/C70H141N2O6P/c1-6-8-10-12-14-16-18-20-22-24-26-28-30-32-34-35-36-38-39-41-43-45-47-49-51-53-55-57-59-61-63-69(73)68(67-78-79(75,76)77-66-65-72(3,4)5)71-70(74)64-62-60-58-56-54-52-50-48-46-44-42-40-37-33-31-29-27-25-23-21-19-17-15-13-11-9-7-2/h61,63,68-69,73H,6-60,62,64-67H2,1-5H3,(H-,71,74,75,76)/p+1/b63-61+. The predicted molar refractivity (Wildman–Crippen MR) is 346 cm³/mol. The summed E-state index contributed by atoms with van der Waals surface area (Å²) in [5.74, 6) is -0.167. The molecule has 0 aromatic rings. The number of likely N-dealkylation sites (N-methyl/N-ethyl adjacent to an activating group) is 1. The van der Waals surface area contributed by atoms with Crippen molar-refractivity contribution in [3.8, 4) is 0 Å². The topological polar surface area (TPSA) is 105 Å². The highest BCUT2D eigenvalue weighted by Gasteiger charge is 2.28. The minimum absolute atomic E-state index is 0.0655. The molecule has 0 saturated heterocycles. The van der Waals surface area contributed by atoms with Gasteiger partial charge in [0.15, 0.2) is 0 Å². The smallest absolute Gasteiger partial charge is 0.387 e. The first-order valence-electron chi connectivity index (χ1n) is 35.6. The quantitative estimate of drug-likeness (QED) is 0.0243. The molecule has 0 radical (unpaired) electrons. The number of nitrogens with zero attached hydrogens (tertiary/aromatic N) is 1. The molecule has 0 spiro atoms. The van der Waals surface area contributed by atoms with E-state index in [9.17, 15) is 19.4 Å². The Kier molecular flexibility index (Phi) is 61.2. The Morgan fingerprint density at radius 3 is 0.937 bits per heavy atom. The van der Waals surface area contributed by atoms with Gasteiger partial charge in [-0.2, -0.15) is 0 Å². The molecule has 3 unspecified atom stereocenters. The van der Waals surface area contributed by atoms with E-state index in [1.807, 2.05) is 27.2 Å². The van der Waals surface area contributed by atoms with Crippen LogP contribution in [-0.2, 0) is 18.4 Å². The maximum absolute atomic E-state index is 13.1. The monoisotopic (exact) mass is 1140 g/mol. The van der Waals surface area contributed by atoms with Crippen LogP contribution in [-0.4, -0.2) is 73.4 Å². The number of unbranched alkanes of at least 4 members (excludes halogenated alkanes) is 54.